The zero-order valence-electron chi connectivity index (χ0n) is 15.6. The Morgan fingerprint density at radius 2 is 1.71 bits per heavy atom. The third-order valence-corrected chi connectivity index (χ3v) is 5.59. The number of halogens is 1. The zero-order valence-corrected chi connectivity index (χ0v) is 17.2. The Morgan fingerprint density at radius 3 is 2.43 bits per heavy atom. The maximum Gasteiger partial charge on any atom is 0.226 e. The molecule has 0 radical (unpaired) electrons. The Bertz CT molecular complexity index is 1070. The van der Waals surface area contributed by atoms with Crippen LogP contribution < -0.4 is 0 Å². The molecule has 4 aromatic rings. The molecule has 7 heteroatoms. The molecule has 0 aliphatic carbocycles. The molecule has 2 heterocycles. The van der Waals surface area contributed by atoms with E-state index in [0.29, 0.717) is 16.7 Å². The first kappa shape index (κ1) is 18.8. The molecule has 5 nitrogen and oxygen atoms in total. The van der Waals surface area contributed by atoms with Gasteiger partial charge in [0.15, 0.2) is 11.0 Å². The van der Waals surface area contributed by atoms with Crippen LogP contribution in [0.25, 0.3) is 22.8 Å². The van der Waals surface area contributed by atoms with Crippen LogP contribution in [-0.4, -0.2) is 19.7 Å². The molecule has 0 aliphatic heterocycles. The van der Waals surface area contributed by atoms with Crippen LogP contribution in [0.3, 0.4) is 0 Å². The van der Waals surface area contributed by atoms with E-state index in [9.17, 15) is 0 Å². The molecular weight excluding hydrogens is 392 g/mol. The van der Waals surface area contributed by atoms with Crippen LogP contribution in [0.5, 0.6) is 0 Å². The number of aromatic nitrogens is 4. The summed E-state index contributed by atoms with van der Waals surface area (Å²) in [4.78, 5) is 4.60. The summed E-state index contributed by atoms with van der Waals surface area (Å²) in [5.74, 6) is 2.13. The van der Waals surface area contributed by atoms with Crippen molar-refractivity contribution in [3.05, 3.63) is 71.1 Å². The quantitative estimate of drug-likeness (QED) is 0.372. The molecule has 0 atom stereocenters. The van der Waals surface area contributed by atoms with E-state index < -0.39 is 0 Å². The van der Waals surface area contributed by atoms with Crippen molar-refractivity contribution < 1.29 is 4.42 Å². The number of aryl methyl sites for hydroxylation is 1. The van der Waals surface area contributed by atoms with Gasteiger partial charge in [-0.1, -0.05) is 41.1 Å². The average Bonchev–Trinajstić information content (AvgIpc) is 3.34. The van der Waals surface area contributed by atoms with Gasteiger partial charge in [0.05, 0.1) is 5.69 Å². The molecular formula is C21H19ClN4OS. The van der Waals surface area contributed by atoms with E-state index in [2.05, 4.69) is 45.7 Å². The second-order valence-electron chi connectivity index (χ2n) is 6.36. The summed E-state index contributed by atoms with van der Waals surface area (Å²) in [6.45, 7) is 4.92. The Morgan fingerprint density at radius 1 is 1.00 bits per heavy atom. The second-order valence-corrected chi connectivity index (χ2v) is 7.73. The predicted molar refractivity (Wildman–Crippen MR) is 112 cm³/mol. The first-order chi connectivity index (χ1) is 13.6. The number of rotatable bonds is 6. The van der Waals surface area contributed by atoms with E-state index in [-0.39, 0.29) is 0 Å². The van der Waals surface area contributed by atoms with Crippen LogP contribution >= 0.6 is 23.4 Å². The maximum atomic E-state index is 5.99. The van der Waals surface area contributed by atoms with Crippen molar-refractivity contribution in [3.8, 4) is 22.8 Å². The number of hydrogen-bond acceptors (Lipinski definition) is 5. The third-order valence-electron chi connectivity index (χ3n) is 4.33. The largest absolute Gasteiger partial charge is 0.444 e. The minimum Gasteiger partial charge on any atom is -0.444 e. The van der Waals surface area contributed by atoms with Gasteiger partial charge in [-0.15, -0.1) is 10.2 Å². The van der Waals surface area contributed by atoms with Gasteiger partial charge in [0, 0.05) is 28.4 Å². The van der Waals surface area contributed by atoms with E-state index in [0.717, 1.165) is 34.3 Å². The van der Waals surface area contributed by atoms with Gasteiger partial charge in [0.25, 0.3) is 0 Å². The van der Waals surface area contributed by atoms with Crippen molar-refractivity contribution >= 4 is 23.4 Å². The van der Waals surface area contributed by atoms with E-state index in [1.54, 1.807) is 18.0 Å². The number of benzene rings is 2. The van der Waals surface area contributed by atoms with E-state index >= 15 is 0 Å². The molecule has 0 amide bonds. The van der Waals surface area contributed by atoms with Crippen molar-refractivity contribution in [1.29, 1.82) is 0 Å². The standard InChI is InChI=1S/C21H19ClN4OS/c1-3-26-19(15-8-10-17(22)11-9-15)24-25-21(26)28-13-18-12-27-20(23-18)16-6-4-14(2)5-7-16/h4-12H,3,13H2,1-2H3. The molecule has 4 rings (SSSR count). The lowest BCUT2D eigenvalue weighted by Gasteiger charge is -2.06. The highest BCUT2D eigenvalue weighted by atomic mass is 35.5. The smallest absolute Gasteiger partial charge is 0.226 e. The van der Waals surface area contributed by atoms with Crippen molar-refractivity contribution in [3.63, 3.8) is 0 Å². The summed E-state index contributed by atoms with van der Waals surface area (Å²) in [6, 6.07) is 15.8. The molecule has 0 unspecified atom stereocenters. The summed E-state index contributed by atoms with van der Waals surface area (Å²) in [6.07, 6.45) is 1.70. The molecule has 2 aromatic heterocycles. The summed E-state index contributed by atoms with van der Waals surface area (Å²) in [5, 5.41) is 10.3. The first-order valence-electron chi connectivity index (χ1n) is 8.97. The van der Waals surface area contributed by atoms with Crippen LogP contribution in [0.4, 0.5) is 0 Å². The molecule has 0 spiro atoms. The Kier molecular flexibility index (Phi) is 5.50. The van der Waals surface area contributed by atoms with Crippen LogP contribution in [0.1, 0.15) is 18.2 Å². The molecule has 0 aliphatic rings. The highest BCUT2D eigenvalue weighted by molar-refractivity contribution is 7.98. The van der Waals surface area contributed by atoms with Gasteiger partial charge in [-0.25, -0.2) is 4.98 Å². The molecule has 28 heavy (non-hydrogen) atoms. The molecule has 2 aromatic carbocycles. The first-order valence-corrected chi connectivity index (χ1v) is 10.3. The predicted octanol–water partition coefficient (Wildman–Crippen LogP) is 5.87. The molecule has 0 bridgehead atoms. The summed E-state index contributed by atoms with van der Waals surface area (Å²) >= 11 is 7.58. The van der Waals surface area contributed by atoms with Crippen molar-refractivity contribution in [2.75, 3.05) is 0 Å². The van der Waals surface area contributed by atoms with Crippen LogP contribution in [0.2, 0.25) is 5.02 Å². The lowest BCUT2D eigenvalue weighted by molar-refractivity contribution is 0.573. The van der Waals surface area contributed by atoms with Crippen LogP contribution in [0, 0.1) is 6.92 Å². The summed E-state index contributed by atoms with van der Waals surface area (Å²) in [5.41, 5.74) is 4.05. The van der Waals surface area contributed by atoms with E-state index in [4.69, 9.17) is 16.0 Å². The third kappa shape index (κ3) is 3.98. The minimum absolute atomic E-state index is 0.634. The molecule has 0 saturated carbocycles. The molecule has 0 saturated heterocycles. The van der Waals surface area contributed by atoms with Gasteiger partial charge in [0.1, 0.15) is 6.26 Å². The fraction of sp³-hybridized carbons (Fsp3) is 0.190. The molecule has 0 fully saturated rings. The Balaban J connectivity index is 1.49. The monoisotopic (exact) mass is 410 g/mol. The van der Waals surface area contributed by atoms with Crippen molar-refractivity contribution in [1.82, 2.24) is 19.7 Å². The number of oxazole rings is 1. The van der Waals surface area contributed by atoms with Gasteiger partial charge in [0.2, 0.25) is 5.89 Å². The van der Waals surface area contributed by atoms with Gasteiger partial charge >= 0.3 is 0 Å². The van der Waals surface area contributed by atoms with Crippen molar-refractivity contribution in [2.45, 2.75) is 31.3 Å². The van der Waals surface area contributed by atoms with Gasteiger partial charge in [-0.05, 0) is 50.2 Å². The summed E-state index contributed by atoms with van der Waals surface area (Å²) in [7, 11) is 0. The van der Waals surface area contributed by atoms with Gasteiger partial charge in [-0.3, -0.25) is 0 Å². The zero-order chi connectivity index (χ0) is 19.5. The Hall–Kier alpha value is -2.57. The fourth-order valence-electron chi connectivity index (χ4n) is 2.83. The average molecular weight is 411 g/mol. The van der Waals surface area contributed by atoms with Crippen LogP contribution in [-0.2, 0) is 12.3 Å². The van der Waals surface area contributed by atoms with E-state index in [1.807, 2.05) is 36.4 Å². The number of thioether (sulfide) groups is 1. The minimum atomic E-state index is 0.634. The van der Waals surface area contributed by atoms with E-state index in [1.165, 1.54) is 5.56 Å². The fourth-order valence-corrected chi connectivity index (χ4v) is 3.84. The maximum absolute atomic E-state index is 5.99. The summed E-state index contributed by atoms with van der Waals surface area (Å²) < 4.78 is 7.73. The topological polar surface area (TPSA) is 56.7 Å². The normalized spacial score (nSPS) is 11.1. The number of hydrogen-bond donors (Lipinski definition) is 0. The van der Waals surface area contributed by atoms with Crippen molar-refractivity contribution in [2.24, 2.45) is 0 Å². The Labute approximate surface area is 172 Å². The molecule has 0 N–H and O–H groups in total. The highest BCUT2D eigenvalue weighted by Gasteiger charge is 2.14. The lowest BCUT2D eigenvalue weighted by atomic mass is 10.1. The second kappa shape index (κ2) is 8.20. The SMILES string of the molecule is CCn1c(SCc2coc(-c3ccc(C)cc3)n2)nnc1-c1ccc(Cl)cc1. The highest BCUT2D eigenvalue weighted by Crippen LogP contribution is 2.28. The van der Waals surface area contributed by atoms with Gasteiger partial charge in [-0.2, -0.15) is 0 Å². The number of nitrogens with zero attached hydrogens (tertiary/aromatic N) is 4. The van der Waals surface area contributed by atoms with Crippen LogP contribution in [0.15, 0.2) is 64.4 Å². The lowest BCUT2D eigenvalue weighted by Crippen LogP contribution is -1.99. The van der Waals surface area contributed by atoms with Gasteiger partial charge < -0.3 is 8.98 Å². The molecule has 142 valence electrons.